The van der Waals surface area contributed by atoms with Crippen molar-refractivity contribution in [1.82, 2.24) is 24.6 Å². The number of likely N-dealkylation sites (tertiary alicyclic amines) is 1. The molecule has 3 heterocycles. The van der Waals surface area contributed by atoms with Gasteiger partial charge in [-0.2, -0.15) is 5.10 Å². The molecule has 0 radical (unpaired) electrons. The number of nitrogens with one attached hydrogen (secondary N) is 1. The van der Waals surface area contributed by atoms with Gasteiger partial charge in [-0.3, -0.25) is 9.59 Å². The molecule has 1 fully saturated rings. The fourth-order valence-corrected chi connectivity index (χ4v) is 3.51. The Balaban J connectivity index is 1.50. The van der Waals surface area contributed by atoms with Gasteiger partial charge in [0.05, 0.1) is 11.9 Å². The van der Waals surface area contributed by atoms with Crippen molar-refractivity contribution >= 4 is 11.8 Å². The lowest BCUT2D eigenvalue weighted by Gasteiger charge is -2.15. The van der Waals surface area contributed by atoms with Crippen LogP contribution in [0.15, 0.2) is 55.0 Å². The summed E-state index contributed by atoms with van der Waals surface area (Å²) in [5.74, 6) is 0.188. The minimum Gasteiger partial charge on any atom is -0.352 e. The molecule has 29 heavy (non-hydrogen) atoms. The second kappa shape index (κ2) is 8.30. The van der Waals surface area contributed by atoms with Crippen LogP contribution in [0.5, 0.6) is 0 Å². The molecule has 7 nitrogen and oxygen atoms in total. The van der Waals surface area contributed by atoms with E-state index in [0.29, 0.717) is 43.0 Å². The topological polar surface area (TPSA) is 72.2 Å². The molecule has 0 atom stereocenters. The summed E-state index contributed by atoms with van der Waals surface area (Å²) in [7, 11) is 0. The monoisotopic (exact) mass is 395 g/mol. The van der Waals surface area contributed by atoms with Gasteiger partial charge in [0.15, 0.2) is 5.82 Å². The maximum absolute atomic E-state index is 13.3. The molecule has 1 aliphatic heterocycles. The first kappa shape index (κ1) is 18.9. The second-order valence-electron chi connectivity index (χ2n) is 6.95. The summed E-state index contributed by atoms with van der Waals surface area (Å²) in [6, 6.07) is 9.66. The largest absolute Gasteiger partial charge is 0.352 e. The zero-order valence-electron chi connectivity index (χ0n) is 15.9. The number of amides is 2. The fraction of sp³-hybridized carbons (Fsp3) is 0.286. The van der Waals surface area contributed by atoms with Gasteiger partial charge in [-0.05, 0) is 49.2 Å². The summed E-state index contributed by atoms with van der Waals surface area (Å²) < 4.78 is 16.7. The molecule has 8 heteroatoms. The van der Waals surface area contributed by atoms with Gasteiger partial charge >= 0.3 is 0 Å². The van der Waals surface area contributed by atoms with Crippen molar-refractivity contribution in [2.24, 2.45) is 0 Å². The van der Waals surface area contributed by atoms with E-state index in [2.05, 4.69) is 10.4 Å². The quantitative estimate of drug-likeness (QED) is 0.625. The molecule has 1 aliphatic rings. The Morgan fingerprint density at radius 1 is 1.17 bits per heavy atom. The lowest BCUT2D eigenvalue weighted by molar-refractivity contribution is -0.127. The molecular formula is C21H22FN5O2. The normalized spacial score (nSPS) is 13.8. The van der Waals surface area contributed by atoms with E-state index in [9.17, 15) is 14.0 Å². The highest BCUT2D eigenvalue weighted by Gasteiger charge is 2.21. The first-order valence-corrected chi connectivity index (χ1v) is 9.67. The number of carbonyl (C=O) groups is 2. The maximum atomic E-state index is 13.3. The smallest absolute Gasteiger partial charge is 0.256 e. The van der Waals surface area contributed by atoms with Crippen LogP contribution in [0.3, 0.4) is 0 Å². The number of carbonyl (C=O) groups excluding carboxylic acids is 2. The third-order valence-electron chi connectivity index (χ3n) is 4.97. The standard InChI is InChI=1S/C21H22FN5O2/c22-16-6-8-17(9-7-16)27-21(26-11-1-2-12-26)18(15-24-27)20(29)23-10-4-14-25-13-3-5-19(25)28/h1-2,6-9,11-12,15H,3-5,10,13-14H2,(H,23,29). The van der Waals surface area contributed by atoms with E-state index in [1.165, 1.54) is 18.3 Å². The summed E-state index contributed by atoms with van der Waals surface area (Å²) in [5.41, 5.74) is 1.07. The third kappa shape index (κ3) is 4.06. The molecule has 150 valence electrons. The van der Waals surface area contributed by atoms with Crippen molar-refractivity contribution in [1.29, 1.82) is 0 Å². The Morgan fingerprint density at radius 3 is 2.62 bits per heavy atom. The molecule has 0 saturated carbocycles. The molecule has 1 saturated heterocycles. The zero-order valence-corrected chi connectivity index (χ0v) is 15.9. The van der Waals surface area contributed by atoms with E-state index < -0.39 is 0 Å². The van der Waals surface area contributed by atoms with E-state index >= 15 is 0 Å². The van der Waals surface area contributed by atoms with Gasteiger partial charge in [0, 0.05) is 38.4 Å². The predicted molar refractivity (Wildman–Crippen MR) is 106 cm³/mol. The number of hydrogen-bond donors (Lipinski definition) is 1. The van der Waals surface area contributed by atoms with Crippen LogP contribution in [0.4, 0.5) is 4.39 Å². The first-order chi connectivity index (χ1) is 14.1. The van der Waals surface area contributed by atoms with E-state index in [0.717, 1.165) is 13.0 Å². The van der Waals surface area contributed by atoms with Crippen molar-refractivity contribution in [2.75, 3.05) is 19.6 Å². The maximum Gasteiger partial charge on any atom is 0.256 e. The SMILES string of the molecule is O=C(NCCCN1CCCC1=O)c1cnn(-c2ccc(F)cc2)c1-n1cccc1. The van der Waals surface area contributed by atoms with Crippen LogP contribution in [-0.2, 0) is 4.79 Å². The highest BCUT2D eigenvalue weighted by atomic mass is 19.1. The Morgan fingerprint density at radius 2 is 1.93 bits per heavy atom. The van der Waals surface area contributed by atoms with Crippen molar-refractivity contribution in [3.05, 3.63) is 66.4 Å². The third-order valence-corrected chi connectivity index (χ3v) is 4.97. The molecule has 2 aromatic heterocycles. The molecule has 1 N–H and O–H groups in total. The van der Waals surface area contributed by atoms with Gasteiger partial charge in [-0.1, -0.05) is 0 Å². The number of benzene rings is 1. The van der Waals surface area contributed by atoms with Gasteiger partial charge in [0.1, 0.15) is 11.4 Å². The van der Waals surface area contributed by atoms with Crippen molar-refractivity contribution in [3.63, 3.8) is 0 Å². The lowest BCUT2D eigenvalue weighted by Crippen LogP contribution is -2.31. The molecule has 4 rings (SSSR count). The van der Waals surface area contributed by atoms with Crippen molar-refractivity contribution in [2.45, 2.75) is 19.3 Å². The van der Waals surface area contributed by atoms with Gasteiger partial charge in [0.25, 0.3) is 5.91 Å². The summed E-state index contributed by atoms with van der Waals surface area (Å²) >= 11 is 0. The Labute approximate surface area is 167 Å². The fourth-order valence-electron chi connectivity index (χ4n) is 3.51. The van der Waals surface area contributed by atoms with Crippen LogP contribution < -0.4 is 5.32 Å². The average molecular weight is 395 g/mol. The van der Waals surface area contributed by atoms with E-state index in [1.54, 1.807) is 21.4 Å². The minimum absolute atomic E-state index is 0.187. The molecule has 0 spiro atoms. The number of aromatic nitrogens is 3. The highest BCUT2D eigenvalue weighted by molar-refractivity contribution is 5.97. The summed E-state index contributed by atoms with van der Waals surface area (Å²) in [5, 5.41) is 7.26. The van der Waals surface area contributed by atoms with Crippen LogP contribution in [0.25, 0.3) is 11.5 Å². The van der Waals surface area contributed by atoms with E-state index in [-0.39, 0.29) is 17.6 Å². The lowest BCUT2D eigenvalue weighted by atomic mass is 10.2. The number of nitrogens with zero attached hydrogens (tertiary/aromatic N) is 4. The minimum atomic E-state index is -0.335. The molecule has 0 bridgehead atoms. The highest BCUT2D eigenvalue weighted by Crippen LogP contribution is 2.20. The van der Waals surface area contributed by atoms with Gasteiger partial charge in [0.2, 0.25) is 5.91 Å². The molecule has 0 unspecified atom stereocenters. The average Bonchev–Trinajstić information content (AvgIpc) is 3.46. The van der Waals surface area contributed by atoms with Crippen LogP contribution in [0, 0.1) is 5.82 Å². The number of rotatable bonds is 7. The second-order valence-corrected chi connectivity index (χ2v) is 6.95. The van der Waals surface area contributed by atoms with Crippen LogP contribution in [-0.4, -0.2) is 50.7 Å². The van der Waals surface area contributed by atoms with Crippen LogP contribution in [0.1, 0.15) is 29.6 Å². The van der Waals surface area contributed by atoms with E-state index in [1.807, 2.05) is 29.4 Å². The summed E-state index contributed by atoms with van der Waals surface area (Å²) in [6.07, 6.45) is 7.39. The van der Waals surface area contributed by atoms with Gasteiger partial charge in [-0.15, -0.1) is 0 Å². The molecule has 1 aromatic carbocycles. The molecule has 2 amide bonds. The zero-order chi connectivity index (χ0) is 20.2. The molecular weight excluding hydrogens is 373 g/mol. The predicted octanol–water partition coefficient (Wildman–Crippen LogP) is 2.54. The van der Waals surface area contributed by atoms with Crippen molar-refractivity contribution < 1.29 is 14.0 Å². The Hall–Kier alpha value is -3.42. The van der Waals surface area contributed by atoms with Crippen molar-refractivity contribution in [3.8, 4) is 11.5 Å². The number of halogens is 1. The Kier molecular flexibility index (Phi) is 5.41. The Bertz CT molecular complexity index is 995. The molecule has 3 aromatic rings. The van der Waals surface area contributed by atoms with Crippen LogP contribution in [0.2, 0.25) is 0 Å². The van der Waals surface area contributed by atoms with Crippen LogP contribution >= 0.6 is 0 Å². The summed E-state index contributed by atoms with van der Waals surface area (Å²) in [4.78, 5) is 26.3. The van der Waals surface area contributed by atoms with Gasteiger partial charge in [-0.25, -0.2) is 9.07 Å². The van der Waals surface area contributed by atoms with E-state index in [4.69, 9.17) is 0 Å². The number of hydrogen-bond acceptors (Lipinski definition) is 3. The van der Waals surface area contributed by atoms with Gasteiger partial charge < -0.3 is 14.8 Å². The molecule has 0 aliphatic carbocycles. The first-order valence-electron chi connectivity index (χ1n) is 9.67. The summed E-state index contributed by atoms with van der Waals surface area (Å²) in [6.45, 7) is 1.92.